The molecule has 1 aliphatic rings. The van der Waals surface area contributed by atoms with Gasteiger partial charge in [0.15, 0.2) is 0 Å². The minimum absolute atomic E-state index is 0.0248. The van der Waals surface area contributed by atoms with E-state index in [1.807, 2.05) is 18.2 Å². The highest BCUT2D eigenvalue weighted by Gasteiger charge is 2.20. The molecule has 1 aromatic carbocycles. The lowest BCUT2D eigenvalue weighted by molar-refractivity contribution is 0.0155. The van der Waals surface area contributed by atoms with Crippen LogP contribution < -0.4 is 0 Å². The van der Waals surface area contributed by atoms with Crippen LogP contribution in [0.5, 0.6) is 0 Å². The second kappa shape index (κ2) is 6.28. The summed E-state index contributed by atoms with van der Waals surface area (Å²) in [6.45, 7) is 2.45. The van der Waals surface area contributed by atoms with Gasteiger partial charge in [-0.1, -0.05) is 18.2 Å². The van der Waals surface area contributed by atoms with E-state index in [0.717, 1.165) is 31.4 Å². The Hall–Kier alpha value is -1.85. The van der Waals surface area contributed by atoms with Crippen LogP contribution >= 0.6 is 0 Å². The second-order valence-corrected chi connectivity index (χ2v) is 5.28. The van der Waals surface area contributed by atoms with Gasteiger partial charge in [0, 0.05) is 24.2 Å². The van der Waals surface area contributed by atoms with Gasteiger partial charge in [-0.05, 0) is 24.8 Å². The van der Waals surface area contributed by atoms with Crippen LogP contribution in [0.2, 0.25) is 0 Å². The highest BCUT2D eigenvalue weighted by molar-refractivity contribution is 5.94. The number of furan rings is 1. The average Bonchev–Trinajstić information content (AvgIpc) is 2.88. The predicted molar refractivity (Wildman–Crippen MR) is 76.4 cm³/mol. The molecule has 0 bridgehead atoms. The molecule has 1 aliphatic heterocycles. The third-order valence-corrected chi connectivity index (χ3v) is 3.83. The Morgan fingerprint density at radius 2 is 2.05 bits per heavy atom. The Morgan fingerprint density at radius 1 is 1.29 bits per heavy atom. The lowest BCUT2D eigenvalue weighted by Gasteiger charge is -2.21. The van der Waals surface area contributed by atoms with Crippen molar-refractivity contribution in [2.75, 3.05) is 19.8 Å². The van der Waals surface area contributed by atoms with Crippen molar-refractivity contribution in [3.8, 4) is 0 Å². The van der Waals surface area contributed by atoms with Gasteiger partial charge in [0.05, 0.1) is 13.2 Å². The molecule has 0 spiro atoms. The maximum atomic E-state index is 11.3. The summed E-state index contributed by atoms with van der Waals surface area (Å²) in [4.78, 5) is 11.3. The summed E-state index contributed by atoms with van der Waals surface area (Å²) < 4.78 is 16.5. The molecule has 112 valence electrons. The number of hydrogen-bond donors (Lipinski definition) is 1. The minimum Gasteiger partial charge on any atom is -0.475 e. The molecule has 0 unspecified atom stereocenters. The monoisotopic (exact) mass is 290 g/mol. The van der Waals surface area contributed by atoms with Crippen LogP contribution in [0, 0.1) is 5.92 Å². The van der Waals surface area contributed by atoms with Crippen molar-refractivity contribution in [2.24, 2.45) is 5.92 Å². The number of ether oxygens (including phenoxy) is 2. The third kappa shape index (κ3) is 3.09. The van der Waals surface area contributed by atoms with Gasteiger partial charge >= 0.3 is 5.97 Å². The molecular formula is C16H18O5. The van der Waals surface area contributed by atoms with E-state index in [1.54, 1.807) is 6.07 Å². The highest BCUT2D eigenvalue weighted by atomic mass is 16.5. The fourth-order valence-corrected chi connectivity index (χ4v) is 2.66. The van der Waals surface area contributed by atoms with Crippen molar-refractivity contribution in [2.45, 2.75) is 19.4 Å². The number of para-hydroxylation sites is 1. The number of carboxylic acids is 1. The first-order chi connectivity index (χ1) is 10.3. The standard InChI is InChI=1S/C16H18O5/c17-16(18)15-13(12-3-1-2-4-14(12)21-15)10-20-9-11-5-7-19-8-6-11/h1-4,11H,5-10H2,(H,17,18). The topological polar surface area (TPSA) is 68.9 Å². The fraction of sp³-hybridized carbons (Fsp3) is 0.438. The first-order valence-corrected chi connectivity index (χ1v) is 7.15. The zero-order valence-electron chi connectivity index (χ0n) is 11.7. The Kier molecular flexibility index (Phi) is 4.22. The molecule has 0 atom stereocenters. The number of fused-ring (bicyclic) bond motifs is 1. The van der Waals surface area contributed by atoms with Crippen molar-refractivity contribution in [3.63, 3.8) is 0 Å². The maximum absolute atomic E-state index is 11.3. The number of carbonyl (C=O) groups is 1. The Morgan fingerprint density at radius 3 is 2.81 bits per heavy atom. The molecule has 5 nitrogen and oxygen atoms in total. The molecule has 0 aliphatic carbocycles. The lowest BCUT2D eigenvalue weighted by Crippen LogP contribution is -2.20. The van der Waals surface area contributed by atoms with Crippen molar-refractivity contribution < 1.29 is 23.8 Å². The second-order valence-electron chi connectivity index (χ2n) is 5.28. The molecule has 0 amide bonds. The van der Waals surface area contributed by atoms with Crippen molar-refractivity contribution in [1.29, 1.82) is 0 Å². The summed E-state index contributed by atoms with van der Waals surface area (Å²) in [5.74, 6) is -0.593. The van der Waals surface area contributed by atoms with E-state index in [-0.39, 0.29) is 12.4 Å². The molecule has 1 fully saturated rings. The van der Waals surface area contributed by atoms with Crippen LogP contribution in [0.3, 0.4) is 0 Å². The van der Waals surface area contributed by atoms with Crippen LogP contribution in [-0.2, 0) is 16.1 Å². The zero-order valence-corrected chi connectivity index (χ0v) is 11.7. The van der Waals surface area contributed by atoms with Crippen molar-refractivity contribution >= 4 is 16.9 Å². The molecular weight excluding hydrogens is 272 g/mol. The molecule has 0 radical (unpaired) electrons. The van der Waals surface area contributed by atoms with E-state index < -0.39 is 5.97 Å². The van der Waals surface area contributed by atoms with Gasteiger partial charge in [0.25, 0.3) is 0 Å². The van der Waals surface area contributed by atoms with Gasteiger partial charge < -0.3 is 19.0 Å². The molecule has 1 saturated heterocycles. The summed E-state index contributed by atoms with van der Waals surface area (Å²) in [5.41, 5.74) is 1.20. The van der Waals surface area contributed by atoms with E-state index in [4.69, 9.17) is 13.9 Å². The first kappa shape index (κ1) is 14.1. The van der Waals surface area contributed by atoms with Crippen molar-refractivity contribution in [1.82, 2.24) is 0 Å². The first-order valence-electron chi connectivity index (χ1n) is 7.15. The van der Waals surface area contributed by atoms with Gasteiger partial charge in [-0.3, -0.25) is 0 Å². The normalized spacial score (nSPS) is 16.4. The number of aromatic carboxylic acids is 1. The third-order valence-electron chi connectivity index (χ3n) is 3.83. The van der Waals surface area contributed by atoms with Gasteiger partial charge in [0.2, 0.25) is 5.76 Å². The summed E-state index contributed by atoms with van der Waals surface area (Å²) in [7, 11) is 0. The molecule has 1 N–H and O–H groups in total. The zero-order chi connectivity index (χ0) is 14.7. The molecule has 21 heavy (non-hydrogen) atoms. The number of hydrogen-bond acceptors (Lipinski definition) is 4. The van der Waals surface area contributed by atoms with Gasteiger partial charge in [-0.25, -0.2) is 4.79 Å². The van der Waals surface area contributed by atoms with E-state index in [9.17, 15) is 9.90 Å². The van der Waals surface area contributed by atoms with Crippen LogP contribution in [0.1, 0.15) is 29.0 Å². The average molecular weight is 290 g/mol. The maximum Gasteiger partial charge on any atom is 0.372 e. The number of carboxylic acid groups (broad SMARTS) is 1. The molecule has 2 heterocycles. The van der Waals surface area contributed by atoms with E-state index in [0.29, 0.717) is 23.7 Å². The van der Waals surface area contributed by atoms with E-state index in [1.165, 1.54) is 0 Å². The molecule has 5 heteroatoms. The number of rotatable bonds is 5. The smallest absolute Gasteiger partial charge is 0.372 e. The van der Waals surface area contributed by atoms with Gasteiger partial charge in [-0.15, -0.1) is 0 Å². The Bertz CT molecular complexity index is 625. The SMILES string of the molecule is O=C(O)c1oc2ccccc2c1COCC1CCOCC1. The lowest BCUT2D eigenvalue weighted by atomic mass is 10.0. The highest BCUT2D eigenvalue weighted by Crippen LogP contribution is 2.27. The van der Waals surface area contributed by atoms with Crippen LogP contribution in [0.15, 0.2) is 28.7 Å². The molecule has 1 aromatic heterocycles. The van der Waals surface area contributed by atoms with E-state index in [2.05, 4.69) is 0 Å². The van der Waals surface area contributed by atoms with Gasteiger partial charge in [0.1, 0.15) is 5.58 Å². The summed E-state index contributed by atoms with van der Waals surface area (Å²) >= 11 is 0. The number of benzene rings is 1. The fourth-order valence-electron chi connectivity index (χ4n) is 2.66. The van der Waals surface area contributed by atoms with Crippen LogP contribution in [-0.4, -0.2) is 30.9 Å². The Labute approximate surface area is 122 Å². The minimum atomic E-state index is -1.06. The Balaban J connectivity index is 1.72. The van der Waals surface area contributed by atoms with Crippen LogP contribution in [0.4, 0.5) is 0 Å². The molecule has 0 saturated carbocycles. The van der Waals surface area contributed by atoms with Crippen LogP contribution in [0.25, 0.3) is 11.0 Å². The molecule has 3 rings (SSSR count). The molecule has 2 aromatic rings. The van der Waals surface area contributed by atoms with E-state index >= 15 is 0 Å². The van der Waals surface area contributed by atoms with Crippen molar-refractivity contribution in [3.05, 3.63) is 35.6 Å². The van der Waals surface area contributed by atoms with Gasteiger partial charge in [-0.2, -0.15) is 0 Å². The summed E-state index contributed by atoms with van der Waals surface area (Å²) in [6, 6.07) is 7.32. The quantitative estimate of drug-likeness (QED) is 0.916. The predicted octanol–water partition coefficient (Wildman–Crippen LogP) is 3.07. The summed E-state index contributed by atoms with van der Waals surface area (Å²) in [6.07, 6.45) is 2.00. The summed E-state index contributed by atoms with van der Waals surface area (Å²) in [5, 5.41) is 10.1. The largest absolute Gasteiger partial charge is 0.475 e.